The topological polar surface area (TPSA) is 37.4 Å². The Kier molecular flexibility index (Phi) is 4.78. The molecule has 1 aliphatic carbocycles. The summed E-state index contributed by atoms with van der Waals surface area (Å²) in [6.45, 7) is 1.70. The van der Waals surface area contributed by atoms with Crippen molar-refractivity contribution >= 4 is 37.3 Å². The van der Waals surface area contributed by atoms with Crippen molar-refractivity contribution in [3.63, 3.8) is 0 Å². The van der Waals surface area contributed by atoms with Gasteiger partial charge in [0.1, 0.15) is 6.54 Å². The van der Waals surface area contributed by atoms with Crippen molar-refractivity contribution in [1.82, 2.24) is 4.31 Å². The van der Waals surface area contributed by atoms with Crippen molar-refractivity contribution in [1.29, 1.82) is 0 Å². The molecule has 1 unspecified atom stereocenters. The molecular weight excluding hydrogens is 391 g/mol. The predicted molar refractivity (Wildman–Crippen MR) is 78.9 cm³/mol. The van der Waals surface area contributed by atoms with Gasteiger partial charge in [-0.25, -0.2) is 8.42 Å². The molecule has 1 heterocycles. The number of alkyl halides is 3. The first-order valence-electron chi connectivity index (χ1n) is 6.37. The zero-order valence-corrected chi connectivity index (χ0v) is 14.7. The highest BCUT2D eigenvalue weighted by Gasteiger charge is 2.44. The average Bonchev–Trinajstić information content (AvgIpc) is 3.10. The molecule has 0 saturated heterocycles. The van der Waals surface area contributed by atoms with Crippen LogP contribution in [0.4, 0.5) is 13.2 Å². The third-order valence-corrected chi connectivity index (χ3v) is 7.26. The molecule has 120 valence electrons. The van der Waals surface area contributed by atoms with Gasteiger partial charge in [-0.05, 0) is 54.6 Å². The van der Waals surface area contributed by atoms with Gasteiger partial charge in [0.25, 0.3) is 0 Å². The number of aryl methyl sites for hydroxylation is 1. The fourth-order valence-corrected chi connectivity index (χ4v) is 6.31. The summed E-state index contributed by atoms with van der Waals surface area (Å²) in [4.78, 5) is 0.438. The summed E-state index contributed by atoms with van der Waals surface area (Å²) in [5, 5.41) is 0. The van der Waals surface area contributed by atoms with Crippen LogP contribution in [-0.4, -0.2) is 31.5 Å². The number of hydrogen-bond donors (Lipinski definition) is 0. The van der Waals surface area contributed by atoms with E-state index < -0.39 is 28.8 Å². The Labute approximate surface area is 134 Å². The smallest absolute Gasteiger partial charge is 0.207 e. The summed E-state index contributed by atoms with van der Waals surface area (Å²) in [5.74, 6) is 0.0181. The summed E-state index contributed by atoms with van der Waals surface area (Å²) in [6.07, 6.45) is -3.01. The molecule has 0 aliphatic heterocycles. The number of halogens is 4. The van der Waals surface area contributed by atoms with Gasteiger partial charge in [-0.2, -0.15) is 17.5 Å². The van der Waals surface area contributed by atoms with Crippen molar-refractivity contribution in [3.8, 4) is 0 Å². The molecule has 21 heavy (non-hydrogen) atoms. The molecule has 1 atom stereocenters. The van der Waals surface area contributed by atoms with Crippen LogP contribution in [0.2, 0.25) is 0 Å². The van der Waals surface area contributed by atoms with E-state index in [9.17, 15) is 21.6 Å². The second kappa shape index (κ2) is 5.82. The molecule has 1 saturated carbocycles. The van der Waals surface area contributed by atoms with Crippen molar-refractivity contribution in [2.45, 2.75) is 43.8 Å². The number of hydrogen-bond acceptors (Lipinski definition) is 3. The molecule has 1 aromatic rings. The number of sulfonamides is 1. The van der Waals surface area contributed by atoms with E-state index >= 15 is 0 Å². The normalized spacial score (nSPS) is 18.2. The van der Waals surface area contributed by atoms with Gasteiger partial charge in [-0.1, -0.05) is 0 Å². The summed E-state index contributed by atoms with van der Waals surface area (Å²) in [7, 11) is -4.15. The Morgan fingerprint density at radius 3 is 2.43 bits per heavy atom. The highest BCUT2D eigenvalue weighted by Crippen LogP contribution is 2.40. The SMILES string of the molecule is Cc1sc(Br)cc1S(=O)(=O)N(CC(F)(F)F)C(C)C1CC1. The monoisotopic (exact) mass is 405 g/mol. The quantitative estimate of drug-likeness (QED) is 0.736. The van der Waals surface area contributed by atoms with E-state index in [0.29, 0.717) is 13.0 Å². The standard InChI is InChI=1S/C12H15BrF3NO2S2/c1-7(9-3-4-9)17(6-12(14,15)16)21(18,19)10-5-11(13)20-8(10)2/h5,7,9H,3-4,6H2,1-2H3. The third kappa shape index (κ3) is 4.00. The molecule has 3 nitrogen and oxygen atoms in total. The molecule has 0 bridgehead atoms. The lowest BCUT2D eigenvalue weighted by molar-refractivity contribution is -0.139. The van der Waals surface area contributed by atoms with E-state index in [0.717, 1.165) is 12.8 Å². The Morgan fingerprint density at radius 1 is 1.48 bits per heavy atom. The van der Waals surface area contributed by atoms with E-state index in [1.165, 1.54) is 17.4 Å². The second-order valence-corrected chi connectivity index (χ2v) is 9.71. The highest BCUT2D eigenvalue weighted by molar-refractivity contribution is 9.11. The fraction of sp³-hybridized carbons (Fsp3) is 0.667. The van der Waals surface area contributed by atoms with Crippen LogP contribution in [0.15, 0.2) is 14.7 Å². The van der Waals surface area contributed by atoms with Crippen LogP contribution in [0.1, 0.15) is 24.6 Å². The molecule has 0 aromatic carbocycles. The van der Waals surface area contributed by atoms with Gasteiger partial charge >= 0.3 is 6.18 Å². The zero-order valence-electron chi connectivity index (χ0n) is 11.4. The summed E-state index contributed by atoms with van der Waals surface area (Å²) in [6, 6.07) is 0.730. The van der Waals surface area contributed by atoms with Gasteiger partial charge in [0.2, 0.25) is 10.0 Å². The van der Waals surface area contributed by atoms with Crippen molar-refractivity contribution in [3.05, 3.63) is 14.7 Å². The molecule has 9 heteroatoms. The van der Waals surface area contributed by atoms with E-state index in [4.69, 9.17) is 0 Å². The van der Waals surface area contributed by atoms with Crippen LogP contribution < -0.4 is 0 Å². The number of thiophene rings is 1. The minimum atomic E-state index is -4.56. The molecule has 1 aliphatic rings. The van der Waals surface area contributed by atoms with E-state index in [-0.39, 0.29) is 10.8 Å². The lowest BCUT2D eigenvalue weighted by atomic mass is 10.2. The molecule has 0 amide bonds. The molecular formula is C12H15BrF3NO2S2. The van der Waals surface area contributed by atoms with Crippen LogP contribution in [-0.2, 0) is 10.0 Å². The Hall–Kier alpha value is -0.120. The minimum Gasteiger partial charge on any atom is -0.207 e. The molecule has 1 fully saturated rings. The fourth-order valence-electron chi connectivity index (χ4n) is 2.25. The first-order chi connectivity index (χ1) is 9.52. The van der Waals surface area contributed by atoms with Gasteiger partial charge in [0.15, 0.2) is 0 Å². The van der Waals surface area contributed by atoms with Gasteiger partial charge in [0, 0.05) is 10.9 Å². The van der Waals surface area contributed by atoms with Gasteiger partial charge in [-0.3, -0.25) is 0 Å². The Balaban J connectivity index is 2.41. The van der Waals surface area contributed by atoms with Crippen molar-refractivity contribution < 1.29 is 21.6 Å². The maximum Gasteiger partial charge on any atom is 0.402 e. The molecule has 0 spiro atoms. The lowest BCUT2D eigenvalue weighted by Crippen LogP contribution is -2.45. The van der Waals surface area contributed by atoms with Crippen LogP contribution in [0.25, 0.3) is 0 Å². The third-order valence-electron chi connectivity index (χ3n) is 3.52. The number of rotatable bonds is 5. The molecule has 2 rings (SSSR count). The van der Waals surface area contributed by atoms with Crippen LogP contribution in [0.5, 0.6) is 0 Å². The lowest BCUT2D eigenvalue weighted by Gasteiger charge is -2.29. The zero-order chi connectivity index (χ0) is 16.0. The minimum absolute atomic E-state index is 0.0181. The summed E-state index contributed by atoms with van der Waals surface area (Å²) < 4.78 is 64.8. The molecule has 0 radical (unpaired) electrons. The van der Waals surface area contributed by atoms with Gasteiger partial charge in [0.05, 0.1) is 8.68 Å². The van der Waals surface area contributed by atoms with Gasteiger partial charge < -0.3 is 0 Å². The highest BCUT2D eigenvalue weighted by atomic mass is 79.9. The maximum atomic E-state index is 12.8. The van der Waals surface area contributed by atoms with E-state index in [1.54, 1.807) is 13.8 Å². The van der Waals surface area contributed by atoms with Crippen molar-refractivity contribution in [2.24, 2.45) is 5.92 Å². The first kappa shape index (κ1) is 17.2. The Morgan fingerprint density at radius 2 is 2.05 bits per heavy atom. The van der Waals surface area contributed by atoms with Crippen LogP contribution in [0, 0.1) is 12.8 Å². The summed E-state index contributed by atoms with van der Waals surface area (Å²) in [5.41, 5.74) is 0. The van der Waals surface area contributed by atoms with Crippen molar-refractivity contribution in [2.75, 3.05) is 6.54 Å². The first-order valence-corrected chi connectivity index (χ1v) is 9.42. The largest absolute Gasteiger partial charge is 0.402 e. The average molecular weight is 406 g/mol. The van der Waals surface area contributed by atoms with E-state index in [2.05, 4.69) is 15.9 Å². The van der Waals surface area contributed by atoms with Gasteiger partial charge in [-0.15, -0.1) is 11.3 Å². The Bertz CT molecular complexity index is 623. The predicted octanol–water partition coefficient (Wildman–Crippen LogP) is 4.17. The second-order valence-electron chi connectivity index (χ2n) is 5.21. The maximum absolute atomic E-state index is 12.8. The summed E-state index contributed by atoms with van der Waals surface area (Å²) >= 11 is 4.37. The van der Waals surface area contributed by atoms with Crippen LogP contribution in [0.3, 0.4) is 0 Å². The molecule has 1 aromatic heterocycles. The molecule has 0 N–H and O–H groups in total. The van der Waals surface area contributed by atoms with E-state index in [1.807, 2.05) is 0 Å². The van der Waals surface area contributed by atoms with Crippen LogP contribution >= 0.6 is 27.3 Å². The number of nitrogens with zero attached hydrogens (tertiary/aromatic N) is 1.